The van der Waals surface area contributed by atoms with Crippen molar-refractivity contribution in [1.82, 2.24) is 4.98 Å². The van der Waals surface area contributed by atoms with E-state index in [-0.39, 0.29) is 10.9 Å². The number of benzene rings is 2. The Bertz CT molecular complexity index is 1230. The molecule has 1 aromatic heterocycles. The van der Waals surface area contributed by atoms with Gasteiger partial charge in [-0.05, 0) is 36.4 Å². The van der Waals surface area contributed by atoms with Gasteiger partial charge in [0.25, 0.3) is 0 Å². The summed E-state index contributed by atoms with van der Waals surface area (Å²) in [6.07, 6.45) is 0.773. The van der Waals surface area contributed by atoms with Crippen LogP contribution in [0.4, 0.5) is 5.69 Å². The highest BCUT2D eigenvalue weighted by Gasteiger charge is 2.20. The largest absolute Gasteiger partial charge is 0.367 e. The molecule has 0 aliphatic rings. The normalized spacial score (nSPS) is 9.79. The summed E-state index contributed by atoms with van der Waals surface area (Å²) < 4.78 is 0. The molecule has 0 aliphatic heterocycles. The monoisotopic (exact) mass is 460 g/mol. The first kappa shape index (κ1) is 28.8. The van der Waals surface area contributed by atoms with E-state index in [4.69, 9.17) is 4.98 Å². The Morgan fingerprint density at radius 3 is 1.91 bits per heavy atom. The fourth-order valence-electron chi connectivity index (χ4n) is 3.81. The molecule has 0 bridgehead atoms. The van der Waals surface area contributed by atoms with Crippen LogP contribution in [-0.4, -0.2) is 12.0 Å². The number of hydrogen-bond donors (Lipinski definition) is 0. The van der Waals surface area contributed by atoms with E-state index in [1.54, 1.807) is 6.92 Å². The van der Waals surface area contributed by atoms with Crippen molar-refractivity contribution in [3.8, 4) is 0 Å². The molecular formula is C30H40N2O2. The van der Waals surface area contributed by atoms with Crippen molar-refractivity contribution < 1.29 is 0 Å². The topological polar surface area (TPSA) is 50.3 Å². The molecule has 4 heteroatoms. The van der Waals surface area contributed by atoms with Crippen molar-refractivity contribution in [3.05, 3.63) is 103 Å². The van der Waals surface area contributed by atoms with E-state index in [1.165, 1.54) is 16.3 Å². The minimum Gasteiger partial charge on any atom is -0.367 e. The molecule has 3 aromatic carbocycles. The van der Waals surface area contributed by atoms with E-state index in [0.717, 1.165) is 23.4 Å². The van der Waals surface area contributed by atoms with Gasteiger partial charge in [0.05, 0.1) is 11.4 Å². The van der Waals surface area contributed by atoms with Gasteiger partial charge < -0.3 is 4.90 Å². The molecule has 4 rings (SSSR count). The highest BCUT2D eigenvalue weighted by molar-refractivity contribution is 5.85. The lowest BCUT2D eigenvalue weighted by Crippen LogP contribution is -2.40. The Morgan fingerprint density at radius 2 is 1.32 bits per heavy atom. The zero-order valence-electron chi connectivity index (χ0n) is 22.3. The molecule has 4 nitrogen and oxygen atoms in total. The SMILES string of the molecule is CC.CC.CC.Cc1cc2ccccc2c(Cc2ccc(CN(C)c3c(C)c(=O)c3=O)cc2)n1. The average molecular weight is 461 g/mol. The molecule has 34 heavy (non-hydrogen) atoms. The Labute approximate surface area is 205 Å². The van der Waals surface area contributed by atoms with Gasteiger partial charge in [0.2, 0.25) is 10.9 Å². The van der Waals surface area contributed by atoms with Crippen molar-refractivity contribution in [3.63, 3.8) is 0 Å². The predicted octanol–water partition coefficient (Wildman–Crippen LogP) is 6.75. The van der Waals surface area contributed by atoms with Crippen molar-refractivity contribution in [2.24, 2.45) is 0 Å². The van der Waals surface area contributed by atoms with Crippen LogP contribution in [0.1, 0.15) is 69.6 Å². The molecule has 0 radical (unpaired) electrons. The number of fused-ring (bicyclic) bond motifs is 1. The fraction of sp³-hybridized carbons (Fsp3) is 0.367. The number of anilines is 1. The van der Waals surface area contributed by atoms with Crippen LogP contribution in [0, 0.1) is 13.8 Å². The first-order chi connectivity index (χ1) is 16.4. The number of rotatable bonds is 5. The van der Waals surface area contributed by atoms with Crippen LogP contribution in [0.25, 0.3) is 10.8 Å². The molecule has 0 spiro atoms. The number of aryl methyl sites for hydroxylation is 1. The molecule has 4 aromatic rings. The summed E-state index contributed by atoms with van der Waals surface area (Å²) in [5.41, 5.74) is 4.74. The van der Waals surface area contributed by atoms with Crippen LogP contribution in [-0.2, 0) is 13.0 Å². The van der Waals surface area contributed by atoms with Crippen molar-refractivity contribution >= 4 is 16.5 Å². The lowest BCUT2D eigenvalue weighted by Gasteiger charge is -2.22. The summed E-state index contributed by atoms with van der Waals surface area (Å²) in [5, 5.41) is 2.40. The summed E-state index contributed by atoms with van der Waals surface area (Å²) in [6, 6.07) is 18.8. The third kappa shape index (κ3) is 6.63. The van der Waals surface area contributed by atoms with Gasteiger partial charge >= 0.3 is 0 Å². The van der Waals surface area contributed by atoms with Crippen LogP contribution in [0.5, 0.6) is 0 Å². The standard InChI is InChI=1S/C24H22N2O2.3C2H6/c1-15-12-19-6-4-5-7-20(19)21(25-15)13-17-8-10-18(11-9-17)14-26(3)22-16(2)23(27)24(22)28;3*1-2/h4-12H,13-14H2,1-3H3;3*1-2H3. The summed E-state index contributed by atoms with van der Waals surface area (Å²) in [4.78, 5) is 29.8. The number of hydrogen-bond acceptors (Lipinski definition) is 4. The second-order valence-corrected chi connectivity index (χ2v) is 7.41. The summed E-state index contributed by atoms with van der Waals surface area (Å²) in [5.74, 6) is 0. The van der Waals surface area contributed by atoms with Crippen molar-refractivity contribution in [2.45, 2.75) is 68.4 Å². The quantitative estimate of drug-likeness (QED) is 0.309. The lowest BCUT2D eigenvalue weighted by molar-refractivity contribution is 0.897. The predicted molar refractivity (Wildman–Crippen MR) is 148 cm³/mol. The van der Waals surface area contributed by atoms with Crippen LogP contribution in [0.2, 0.25) is 0 Å². The lowest BCUT2D eigenvalue weighted by atomic mass is 10.0. The molecule has 0 saturated carbocycles. The van der Waals surface area contributed by atoms with E-state index in [1.807, 2.05) is 66.5 Å². The van der Waals surface area contributed by atoms with Gasteiger partial charge in [0.1, 0.15) is 0 Å². The second-order valence-electron chi connectivity index (χ2n) is 7.41. The third-order valence-electron chi connectivity index (χ3n) is 5.26. The van der Waals surface area contributed by atoms with E-state index >= 15 is 0 Å². The number of nitrogens with zero attached hydrogens (tertiary/aromatic N) is 2. The molecule has 0 atom stereocenters. The zero-order valence-corrected chi connectivity index (χ0v) is 22.3. The summed E-state index contributed by atoms with van der Waals surface area (Å²) in [6.45, 7) is 16.3. The molecule has 1 heterocycles. The second kappa shape index (κ2) is 14.1. The minimum atomic E-state index is -0.381. The Kier molecular flexibility index (Phi) is 11.9. The summed E-state index contributed by atoms with van der Waals surface area (Å²) >= 11 is 0. The van der Waals surface area contributed by atoms with Crippen LogP contribution >= 0.6 is 0 Å². The first-order valence-corrected chi connectivity index (χ1v) is 12.4. The highest BCUT2D eigenvalue weighted by Crippen LogP contribution is 2.22. The first-order valence-electron chi connectivity index (χ1n) is 12.4. The van der Waals surface area contributed by atoms with E-state index < -0.39 is 0 Å². The third-order valence-corrected chi connectivity index (χ3v) is 5.26. The molecule has 0 amide bonds. The molecule has 0 saturated heterocycles. The maximum Gasteiger partial charge on any atom is 0.249 e. The minimum absolute atomic E-state index is 0.366. The van der Waals surface area contributed by atoms with Gasteiger partial charge in [-0.3, -0.25) is 14.6 Å². The highest BCUT2D eigenvalue weighted by atomic mass is 16.2. The van der Waals surface area contributed by atoms with Crippen LogP contribution < -0.4 is 15.8 Å². The maximum absolute atomic E-state index is 11.7. The van der Waals surface area contributed by atoms with Gasteiger partial charge in [-0.2, -0.15) is 0 Å². The number of pyridine rings is 1. The molecular weight excluding hydrogens is 420 g/mol. The average Bonchev–Trinajstić information content (AvgIpc) is 2.88. The molecule has 0 N–H and O–H groups in total. The maximum atomic E-state index is 11.7. The van der Waals surface area contributed by atoms with Crippen LogP contribution in [0.15, 0.2) is 64.2 Å². The smallest absolute Gasteiger partial charge is 0.249 e. The molecule has 182 valence electrons. The van der Waals surface area contributed by atoms with E-state index in [9.17, 15) is 9.59 Å². The Hall–Kier alpha value is -3.27. The van der Waals surface area contributed by atoms with Gasteiger partial charge in [-0.1, -0.05) is 90.1 Å². The van der Waals surface area contributed by atoms with Crippen molar-refractivity contribution in [1.29, 1.82) is 0 Å². The molecule has 0 fully saturated rings. The zero-order chi connectivity index (χ0) is 25.8. The van der Waals surface area contributed by atoms with Gasteiger partial charge in [-0.25, -0.2) is 0 Å². The van der Waals surface area contributed by atoms with Crippen LogP contribution in [0.3, 0.4) is 0 Å². The van der Waals surface area contributed by atoms with Crippen molar-refractivity contribution in [2.75, 3.05) is 11.9 Å². The fourth-order valence-corrected chi connectivity index (χ4v) is 3.81. The van der Waals surface area contributed by atoms with Gasteiger partial charge in [-0.15, -0.1) is 0 Å². The van der Waals surface area contributed by atoms with Gasteiger partial charge in [0, 0.05) is 36.7 Å². The van der Waals surface area contributed by atoms with E-state index in [2.05, 4.69) is 48.5 Å². The van der Waals surface area contributed by atoms with E-state index in [0.29, 0.717) is 17.8 Å². The summed E-state index contributed by atoms with van der Waals surface area (Å²) in [7, 11) is 1.85. The molecule has 0 unspecified atom stereocenters. The Balaban J connectivity index is 0.000000894. The Morgan fingerprint density at radius 1 is 0.765 bits per heavy atom. The number of aromatic nitrogens is 1. The van der Waals surface area contributed by atoms with Gasteiger partial charge in [0.15, 0.2) is 0 Å². The molecule has 0 aliphatic carbocycles.